The Labute approximate surface area is 158 Å². The summed E-state index contributed by atoms with van der Waals surface area (Å²) in [6, 6.07) is 11.4. The Morgan fingerprint density at radius 1 is 1.04 bits per heavy atom. The van der Waals surface area contributed by atoms with Gasteiger partial charge in [0.2, 0.25) is 5.89 Å². The predicted molar refractivity (Wildman–Crippen MR) is 93.8 cm³/mol. The van der Waals surface area contributed by atoms with Crippen LogP contribution in [-0.4, -0.2) is 28.2 Å². The molecule has 1 unspecified atom stereocenters. The number of hydrogen-bond donors (Lipinski definition) is 0. The molecule has 4 rings (SSSR count). The minimum Gasteiger partial charge on any atom is -0.420 e. The van der Waals surface area contributed by atoms with Crippen molar-refractivity contribution in [3.63, 3.8) is 0 Å². The van der Waals surface area contributed by atoms with Crippen molar-refractivity contribution in [3.05, 3.63) is 71.4 Å². The van der Waals surface area contributed by atoms with Gasteiger partial charge in [-0.15, -0.1) is 10.2 Å². The van der Waals surface area contributed by atoms with Gasteiger partial charge in [-0.05, 0) is 42.8 Å². The summed E-state index contributed by atoms with van der Waals surface area (Å²) >= 11 is 0. The van der Waals surface area contributed by atoms with Gasteiger partial charge in [-0.1, -0.05) is 24.3 Å². The molecule has 1 fully saturated rings. The van der Waals surface area contributed by atoms with E-state index < -0.39 is 17.6 Å². The van der Waals surface area contributed by atoms with E-state index in [1.165, 1.54) is 18.2 Å². The third kappa shape index (κ3) is 3.91. The van der Waals surface area contributed by atoms with Crippen LogP contribution in [0.15, 0.2) is 52.9 Å². The summed E-state index contributed by atoms with van der Waals surface area (Å²) in [5.74, 6) is 0.193. The molecule has 1 atom stereocenters. The lowest BCUT2D eigenvalue weighted by molar-refractivity contribution is -0.137. The van der Waals surface area contributed by atoms with E-state index in [0.717, 1.165) is 30.7 Å². The molecule has 1 aromatic heterocycles. The van der Waals surface area contributed by atoms with Crippen LogP contribution in [0.1, 0.15) is 29.4 Å². The van der Waals surface area contributed by atoms with Crippen molar-refractivity contribution in [1.29, 1.82) is 0 Å². The molecule has 0 saturated carbocycles. The smallest absolute Gasteiger partial charge is 0.416 e. The average molecular weight is 391 g/mol. The molecule has 0 aliphatic carbocycles. The zero-order valence-corrected chi connectivity index (χ0v) is 14.8. The van der Waals surface area contributed by atoms with Gasteiger partial charge in [0, 0.05) is 13.1 Å². The second-order valence-electron chi connectivity index (χ2n) is 6.84. The second-order valence-corrected chi connectivity index (χ2v) is 6.84. The molecular weight excluding hydrogens is 374 g/mol. The van der Waals surface area contributed by atoms with E-state index in [1.54, 1.807) is 18.2 Å². The van der Waals surface area contributed by atoms with E-state index >= 15 is 0 Å². The van der Waals surface area contributed by atoms with Gasteiger partial charge in [0.15, 0.2) is 0 Å². The van der Waals surface area contributed by atoms with Crippen molar-refractivity contribution >= 4 is 0 Å². The molecule has 2 heterocycles. The van der Waals surface area contributed by atoms with Crippen LogP contribution in [0.2, 0.25) is 0 Å². The van der Waals surface area contributed by atoms with Crippen LogP contribution in [0.3, 0.4) is 0 Å². The van der Waals surface area contributed by atoms with Gasteiger partial charge in [-0.2, -0.15) is 13.2 Å². The summed E-state index contributed by atoms with van der Waals surface area (Å²) in [5, 5.41) is 8.01. The molecule has 8 heteroatoms. The van der Waals surface area contributed by atoms with Crippen molar-refractivity contribution in [2.45, 2.75) is 25.1 Å². The molecule has 2 aromatic carbocycles. The second kappa shape index (κ2) is 7.35. The molecule has 146 valence electrons. The average Bonchev–Trinajstić information content (AvgIpc) is 3.31. The van der Waals surface area contributed by atoms with E-state index in [-0.39, 0.29) is 17.4 Å². The van der Waals surface area contributed by atoms with Crippen LogP contribution in [0.5, 0.6) is 0 Å². The fourth-order valence-electron chi connectivity index (χ4n) is 3.38. The van der Waals surface area contributed by atoms with Gasteiger partial charge < -0.3 is 4.42 Å². The molecule has 0 amide bonds. The van der Waals surface area contributed by atoms with E-state index in [9.17, 15) is 17.6 Å². The number of aromatic nitrogens is 2. The molecule has 1 saturated heterocycles. The number of nitrogens with zero attached hydrogens (tertiary/aromatic N) is 3. The fraction of sp³-hybridized carbons (Fsp3) is 0.300. The summed E-state index contributed by atoms with van der Waals surface area (Å²) in [6.07, 6.45) is -3.54. The maximum Gasteiger partial charge on any atom is 0.416 e. The van der Waals surface area contributed by atoms with Crippen molar-refractivity contribution < 1.29 is 22.0 Å². The van der Waals surface area contributed by atoms with Gasteiger partial charge in [-0.3, -0.25) is 4.90 Å². The van der Waals surface area contributed by atoms with Gasteiger partial charge >= 0.3 is 6.18 Å². The standard InChI is InChI=1S/C20H17F4N3O/c21-17-4-2-1-3-16(17)19-26-25-18(28-19)14-9-10-27(12-14)11-13-5-7-15(8-6-13)20(22,23)24/h1-8,14H,9-12H2. The monoisotopic (exact) mass is 391 g/mol. The summed E-state index contributed by atoms with van der Waals surface area (Å²) < 4.78 is 57.5. The molecule has 4 nitrogen and oxygen atoms in total. The first-order chi connectivity index (χ1) is 13.4. The van der Waals surface area contributed by atoms with Crippen molar-refractivity contribution in [1.82, 2.24) is 15.1 Å². The Kier molecular flexibility index (Phi) is 4.89. The van der Waals surface area contributed by atoms with Crippen molar-refractivity contribution in [3.8, 4) is 11.5 Å². The lowest BCUT2D eigenvalue weighted by Gasteiger charge is -2.16. The highest BCUT2D eigenvalue weighted by molar-refractivity contribution is 5.53. The molecule has 3 aromatic rings. The van der Waals surface area contributed by atoms with Crippen molar-refractivity contribution in [2.75, 3.05) is 13.1 Å². The molecule has 1 aliphatic rings. The van der Waals surface area contributed by atoms with Crippen LogP contribution >= 0.6 is 0 Å². The van der Waals surface area contributed by atoms with Crippen LogP contribution in [0.4, 0.5) is 17.6 Å². The summed E-state index contributed by atoms with van der Waals surface area (Å²) in [6.45, 7) is 1.96. The van der Waals surface area contributed by atoms with Crippen LogP contribution in [-0.2, 0) is 12.7 Å². The zero-order chi connectivity index (χ0) is 19.7. The van der Waals surface area contributed by atoms with Crippen LogP contribution in [0.25, 0.3) is 11.5 Å². The zero-order valence-electron chi connectivity index (χ0n) is 14.8. The van der Waals surface area contributed by atoms with Gasteiger partial charge in [-0.25, -0.2) is 4.39 Å². The van der Waals surface area contributed by atoms with Gasteiger partial charge in [0.1, 0.15) is 5.82 Å². The molecule has 0 radical (unpaired) electrons. The highest BCUT2D eigenvalue weighted by atomic mass is 19.4. The highest BCUT2D eigenvalue weighted by Crippen LogP contribution is 2.31. The van der Waals surface area contributed by atoms with Crippen molar-refractivity contribution in [2.24, 2.45) is 0 Å². The Morgan fingerprint density at radius 3 is 2.50 bits per heavy atom. The SMILES string of the molecule is Fc1ccccc1-c1nnc(C2CCN(Cc3ccc(C(F)(F)F)cc3)C2)o1. The van der Waals surface area contributed by atoms with Crippen LogP contribution < -0.4 is 0 Å². The Morgan fingerprint density at radius 2 is 1.79 bits per heavy atom. The summed E-state index contributed by atoms with van der Waals surface area (Å²) in [4.78, 5) is 2.13. The first-order valence-corrected chi connectivity index (χ1v) is 8.87. The molecule has 0 spiro atoms. The first kappa shape index (κ1) is 18.6. The molecule has 28 heavy (non-hydrogen) atoms. The predicted octanol–water partition coefficient (Wildman–Crippen LogP) is 4.88. The Balaban J connectivity index is 1.40. The maximum atomic E-state index is 13.9. The molecular formula is C20H17F4N3O. The van der Waals surface area contributed by atoms with E-state index in [4.69, 9.17) is 4.42 Å². The highest BCUT2D eigenvalue weighted by Gasteiger charge is 2.31. The number of hydrogen-bond acceptors (Lipinski definition) is 4. The lowest BCUT2D eigenvalue weighted by atomic mass is 10.1. The number of rotatable bonds is 4. The summed E-state index contributed by atoms with van der Waals surface area (Å²) in [5.41, 5.74) is 0.425. The Hall–Kier alpha value is -2.74. The van der Waals surface area contributed by atoms with Gasteiger partial charge in [0.05, 0.1) is 17.0 Å². The van der Waals surface area contributed by atoms with Crippen LogP contribution in [0, 0.1) is 5.82 Å². The lowest BCUT2D eigenvalue weighted by Crippen LogP contribution is -2.20. The maximum absolute atomic E-state index is 13.9. The third-order valence-corrected chi connectivity index (χ3v) is 4.85. The molecule has 0 bridgehead atoms. The minimum atomic E-state index is -4.33. The molecule has 1 aliphatic heterocycles. The Bertz CT molecular complexity index is 953. The molecule has 0 N–H and O–H groups in total. The summed E-state index contributed by atoms with van der Waals surface area (Å²) in [7, 11) is 0. The largest absolute Gasteiger partial charge is 0.420 e. The van der Waals surface area contributed by atoms with E-state index in [2.05, 4.69) is 15.1 Å². The third-order valence-electron chi connectivity index (χ3n) is 4.85. The van der Waals surface area contributed by atoms with E-state index in [1.807, 2.05) is 0 Å². The fourth-order valence-corrected chi connectivity index (χ4v) is 3.38. The first-order valence-electron chi connectivity index (χ1n) is 8.87. The van der Waals surface area contributed by atoms with E-state index in [0.29, 0.717) is 19.0 Å². The number of alkyl halides is 3. The minimum absolute atomic E-state index is 0.0162. The number of benzene rings is 2. The van der Waals surface area contributed by atoms with Gasteiger partial charge in [0.25, 0.3) is 5.89 Å². The number of halogens is 4. The number of likely N-dealkylation sites (tertiary alicyclic amines) is 1. The normalized spacial score (nSPS) is 17.9. The topological polar surface area (TPSA) is 42.2 Å². The quantitative estimate of drug-likeness (QED) is 0.595.